The second-order valence-corrected chi connectivity index (χ2v) is 7.18. The third-order valence-electron chi connectivity index (χ3n) is 4.39. The standard InChI is InChI=1S/C22H32N4/c1-17-7-6-8-21(13-17)18(2)14-24-22(23-3)25-15-19-9-11-20(12-10-19)16-26(4)5/h6-13,18H,14-16H2,1-5H3,(H2,23,24,25). The molecule has 1 atom stereocenters. The summed E-state index contributed by atoms with van der Waals surface area (Å²) in [6, 6.07) is 17.4. The van der Waals surface area contributed by atoms with Crippen LogP contribution >= 0.6 is 0 Å². The van der Waals surface area contributed by atoms with Crippen molar-refractivity contribution in [1.29, 1.82) is 0 Å². The fourth-order valence-corrected chi connectivity index (χ4v) is 2.88. The van der Waals surface area contributed by atoms with Crippen LogP contribution in [0.1, 0.15) is 35.1 Å². The van der Waals surface area contributed by atoms with Crippen molar-refractivity contribution in [3.05, 3.63) is 70.8 Å². The van der Waals surface area contributed by atoms with Crippen LogP contribution in [0.3, 0.4) is 0 Å². The smallest absolute Gasteiger partial charge is 0.191 e. The van der Waals surface area contributed by atoms with Crippen molar-refractivity contribution in [3.63, 3.8) is 0 Å². The topological polar surface area (TPSA) is 39.7 Å². The van der Waals surface area contributed by atoms with Gasteiger partial charge in [-0.1, -0.05) is 61.0 Å². The Morgan fingerprint density at radius 1 is 1.04 bits per heavy atom. The molecule has 0 saturated carbocycles. The van der Waals surface area contributed by atoms with Gasteiger partial charge < -0.3 is 15.5 Å². The van der Waals surface area contributed by atoms with Gasteiger partial charge >= 0.3 is 0 Å². The number of nitrogens with zero attached hydrogens (tertiary/aromatic N) is 2. The highest BCUT2D eigenvalue weighted by Crippen LogP contribution is 2.15. The normalized spacial score (nSPS) is 12.9. The molecule has 0 aliphatic rings. The zero-order chi connectivity index (χ0) is 18.9. The molecule has 1 unspecified atom stereocenters. The largest absolute Gasteiger partial charge is 0.356 e. The van der Waals surface area contributed by atoms with Crippen LogP contribution in [-0.2, 0) is 13.1 Å². The summed E-state index contributed by atoms with van der Waals surface area (Å²) in [5.74, 6) is 1.26. The zero-order valence-electron chi connectivity index (χ0n) is 16.7. The van der Waals surface area contributed by atoms with Gasteiger partial charge in [0, 0.05) is 26.7 Å². The van der Waals surface area contributed by atoms with E-state index in [-0.39, 0.29) is 0 Å². The van der Waals surface area contributed by atoms with Gasteiger partial charge in [0.15, 0.2) is 5.96 Å². The third kappa shape index (κ3) is 6.52. The lowest BCUT2D eigenvalue weighted by atomic mass is 9.99. The molecule has 26 heavy (non-hydrogen) atoms. The predicted octanol–water partition coefficient (Wildman–Crippen LogP) is 3.53. The summed E-state index contributed by atoms with van der Waals surface area (Å²) in [7, 11) is 5.98. The molecule has 0 radical (unpaired) electrons. The maximum atomic E-state index is 4.33. The fourth-order valence-electron chi connectivity index (χ4n) is 2.88. The predicted molar refractivity (Wildman–Crippen MR) is 112 cm³/mol. The van der Waals surface area contributed by atoms with Crippen molar-refractivity contribution in [2.45, 2.75) is 32.9 Å². The molecule has 0 bridgehead atoms. The number of benzene rings is 2. The van der Waals surface area contributed by atoms with Crippen LogP contribution < -0.4 is 10.6 Å². The van der Waals surface area contributed by atoms with Crippen molar-refractivity contribution < 1.29 is 0 Å². The molecule has 0 heterocycles. The van der Waals surface area contributed by atoms with E-state index in [0.29, 0.717) is 5.92 Å². The second kappa shape index (κ2) is 9.97. The molecule has 140 valence electrons. The van der Waals surface area contributed by atoms with Gasteiger partial charge in [0.1, 0.15) is 0 Å². The van der Waals surface area contributed by atoms with Crippen molar-refractivity contribution >= 4 is 5.96 Å². The number of rotatable bonds is 7. The van der Waals surface area contributed by atoms with E-state index in [0.717, 1.165) is 25.6 Å². The van der Waals surface area contributed by atoms with E-state index in [1.54, 1.807) is 0 Å². The van der Waals surface area contributed by atoms with Crippen molar-refractivity contribution in [2.75, 3.05) is 27.7 Å². The number of hydrogen-bond acceptors (Lipinski definition) is 2. The van der Waals surface area contributed by atoms with Crippen LogP contribution in [0.5, 0.6) is 0 Å². The monoisotopic (exact) mass is 352 g/mol. The van der Waals surface area contributed by atoms with Gasteiger partial charge in [0.2, 0.25) is 0 Å². The quantitative estimate of drug-likeness (QED) is 0.591. The molecule has 2 aromatic carbocycles. The molecule has 4 nitrogen and oxygen atoms in total. The molecule has 0 fully saturated rings. The number of guanidine groups is 1. The molecule has 2 N–H and O–H groups in total. The minimum atomic E-state index is 0.429. The van der Waals surface area contributed by atoms with Gasteiger partial charge in [0.05, 0.1) is 0 Å². The molecule has 4 heteroatoms. The molecule has 2 rings (SSSR count). The summed E-state index contributed by atoms with van der Waals surface area (Å²) >= 11 is 0. The minimum absolute atomic E-state index is 0.429. The Kier molecular flexibility index (Phi) is 7.67. The Morgan fingerprint density at radius 2 is 1.73 bits per heavy atom. The van der Waals surface area contributed by atoms with Crippen LogP contribution in [0.25, 0.3) is 0 Å². The summed E-state index contributed by atoms with van der Waals surface area (Å²) < 4.78 is 0. The molecule has 2 aromatic rings. The van der Waals surface area contributed by atoms with E-state index in [2.05, 4.69) is 97.0 Å². The van der Waals surface area contributed by atoms with Gasteiger partial charge in [-0.3, -0.25) is 4.99 Å². The maximum Gasteiger partial charge on any atom is 0.191 e. The first-order valence-corrected chi connectivity index (χ1v) is 9.21. The van der Waals surface area contributed by atoms with Gasteiger partial charge in [-0.05, 0) is 43.6 Å². The van der Waals surface area contributed by atoms with E-state index < -0.39 is 0 Å². The Balaban J connectivity index is 1.82. The molecule has 0 aliphatic heterocycles. The third-order valence-corrected chi connectivity index (χ3v) is 4.39. The Hall–Kier alpha value is -2.33. The molecular formula is C22H32N4. The van der Waals surface area contributed by atoms with Crippen LogP contribution in [0, 0.1) is 6.92 Å². The lowest BCUT2D eigenvalue weighted by molar-refractivity contribution is 0.402. The first kappa shape index (κ1) is 20.0. The Bertz CT molecular complexity index is 704. The molecule has 0 amide bonds. The van der Waals surface area contributed by atoms with E-state index in [9.17, 15) is 0 Å². The van der Waals surface area contributed by atoms with E-state index in [1.807, 2.05) is 7.05 Å². The van der Waals surface area contributed by atoms with Gasteiger partial charge in [0.25, 0.3) is 0 Å². The summed E-state index contributed by atoms with van der Waals surface area (Å²) in [4.78, 5) is 6.51. The minimum Gasteiger partial charge on any atom is -0.356 e. The molecule has 0 aromatic heterocycles. The van der Waals surface area contributed by atoms with E-state index in [1.165, 1.54) is 22.3 Å². The average molecular weight is 353 g/mol. The van der Waals surface area contributed by atoms with Crippen molar-refractivity contribution in [3.8, 4) is 0 Å². The highest BCUT2D eigenvalue weighted by Gasteiger charge is 2.07. The fraction of sp³-hybridized carbons (Fsp3) is 0.409. The average Bonchev–Trinajstić information content (AvgIpc) is 2.62. The van der Waals surface area contributed by atoms with Crippen LogP contribution in [-0.4, -0.2) is 38.5 Å². The Morgan fingerprint density at radius 3 is 2.35 bits per heavy atom. The van der Waals surface area contributed by atoms with Crippen LogP contribution in [0.2, 0.25) is 0 Å². The second-order valence-electron chi connectivity index (χ2n) is 7.18. The first-order valence-electron chi connectivity index (χ1n) is 9.21. The summed E-state index contributed by atoms with van der Waals surface area (Å²) in [5.41, 5.74) is 5.23. The molecule has 0 aliphatic carbocycles. The van der Waals surface area contributed by atoms with E-state index >= 15 is 0 Å². The maximum absolute atomic E-state index is 4.33. The summed E-state index contributed by atoms with van der Waals surface area (Å²) in [6.07, 6.45) is 0. The summed E-state index contributed by atoms with van der Waals surface area (Å²) in [6.45, 7) is 6.95. The highest BCUT2D eigenvalue weighted by atomic mass is 15.2. The number of nitrogens with one attached hydrogen (secondary N) is 2. The number of aryl methyl sites for hydroxylation is 1. The van der Waals surface area contributed by atoms with E-state index in [4.69, 9.17) is 0 Å². The first-order chi connectivity index (χ1) is 12.5. The Labute approximate surface area is 158 Å². The zero-order valence-corrected chi connectivity index (χ0v) is 16.7. The number of aliphatic imine (C=N–C) groups is 1. The molecule has 0 spiro atoms. The SMILES string of the molecule is CN=C(NCc1ccc(CN(C)C)cc1)NCC(C)c1cccc(C)c1. The molecular weight excluding hydrogens is 320 g/mol. The lowest BCUT2D eigenvalue weighted by Crippen LogP contribution is -2.38. The van der Waals surface area contributed by atoms with Crippen molar-refractivity contribution in [2.24, 2.45) is 4.99 Å². The summed E-state index contributed by atoms with van der Waals surface area (Å²) in [5, 5.41) is 6.82. The van der Waals surface area contributed by atoms with Crippen LogP contribution in [0.4, 0.5) is 0 Å². The highest BCUT2D eigenvalue weighted by molar-refractivity contribution is 5.79. The van der Waals surface area contributed by atoms with Gasteiger partial charge in [-0.15, -0.1) is 0 Å². The molecule has 0 saturated heterocycles. The lowest BCUT2D eigenvalue weighted by Gasteiger charge is -2.17. The van der Waals surface area contributed by atoms with Gasteiger partial charge in [-0.25, -0.2) is 0 Å². The van der Waals surface area contributed by atoms with Gasteiger partial charge in [-0.2, -0.15) is 0 Å². The van der Waals surface area contributed by atoms with Crippen molar-refractivity contribution in [1.82, 2.24) is 15.5 Å². The number of hydrogen-bond donors (Lipinski definition) is 2. The van der Waals surface area contributed by atoms with Crippen LogP contribution in [0.15, 0.2) is 53.5 Å².